The fourth-order valence-corrected chi connectivity index (χ4v) is 3.73. The zero-order valence-electron chi connectivity index (χ0n) is 17.9. The van der Waals surface area contributed by atoms with Gasteiger partial charge in [-0.25, -0.2) is 0 Å². The number of hydrogen-bond donors (Lipinski definition) is 1. The van der Waals surface area contributed by atoms with E-state index in [9.17, 15) is 4.79 Å². The van der Waals surface area contributed by atoms with Gasteiger partial charge in [0.2, 0.25) is 0 Å². The van der Waals surface area contributed by atoms with E-state index in [1.165, 1.54) is 11.1 Å². The van der Waals surface area contributed by atoms with Gasteiger partial charge in [0.1, 0.15) is 17.3 Å². The normalized spacial score (nSPS) is 16.0. The van der Waals surface area contributed by atoms with E-state index >= 15 is 0 Å². The second-order valence-corrected chi connectivity index (χ2v) is 7.88. The average Bonchev–Trinajstić information content (AvgIpc) is 3.13. The fourth-order valence-electron chi connectivity index (χ4n) is 3.73. The summed E-state index contributed by atoms with van der Waals surface area (Å²) in [7, 11) is 0. The van der Waals surface area contributed by atoms with Gasteiger partial charge in [0.15, 0.2) is 6.61 Å². The van der Waals surface area contributed by atoms with E-state index in [4.69, 9.17) is 13.9 Å². The lowest BCUT2D eigenvalue weighted by Crippen LogP contribution is -2.44. The van der Waals surface area contributed by atoms with Gasteiger partial charge < -0.3 is 19.2 Å². The summed E-state index contributed by atoms with van der Waals surface area (Å²) in [5, 5.41) is 3.00. The average molecular weight is 401 g/mol. The van der Waals surface area contributed by atoms with Gasteiger partial charge in [0.05, 0.1) is 19.3 Å². The molecule has 1 aromatic carbocycles. The van der Waals surface area contributed by atoms with Crippen LogP contribution in [0.5, 0.6) is 5.75 Å². The van der Waals surface area contributed by atoms with E-state index in [0.29, 0.717) is 31.4 Å². The van der Waals surface area contributed by atoms with Crippen LogP contribution in [0.15, 0.2) is 34.7 Å². The number of ether oxygens (including phenoxy) is 2. The Balaban J connectivity index is 1.55. The van der Waals surface area contributed by atoms with Crippen LogP contribution in [0.3, 0.4) is 0 Å². The standard InChI is InChI=1S/C23H32N2O4/c1-16(2)20-7-6-19(13-17(20)3)28-15-23(26)24-14-21(22-8-5-18(4)29-22)25-9-11-27-12-10-25/h5-8,13,16,21H,9-12,14-15H2,1-4H3,(H,24,26). The Morgan fingerprint density at radius 3 is 2.55 bits per heavy atom. The number of hydrogen-bond acceptors (Lipinski definition) is 5. The Hall–Kier alpha value is -2.31. The van der Waals surface area contributed by atoms with Crippen molar-refractivity contribution in [2.45, 2.75) is 39.7 Å². The van der Waals surface area contributed by atoms with Gasteiger partial charge in [-0.3, -0.25) is 9.69 Å². The number of benzene rings is 1. The quantitative estimate of drug-likeness (QED) is 0.734. The van der Waals surface area contributed by atoms with Crippen molar-refractivity contribution in [1.29, 1.82) is 0 Å². The molecule has 0 saturated carbocycles. The molecule has 29 heavy (non-hydrogen) atoms. The van der Waals surface area contributed by atoms with Crippen LogP contribution in [0.25, 0.3) is 0 Å². The highest BCUT2D eigenvalue weighted by molar-refractivity contribution is 5.77. The Bertz CT molecular complexity index is 809. The summed E-state index contributed by atoms with van der Waals surface area (Å²) in [6.45, 7) is 11.8. The highest BCUT2D eigenvalue weighted by Gasteiger charge is 2.25. The lowest BCUT2D eigenvalue weighted by Gasteiger charge is -2.33. The molecular formula is C23H32N2O4. The van der Waals surface area contributed by atoms with Crippen LogP contribution in [0.4, 0.5) is 0 Å². The molecule has 1 saturated heterocycles. The van der Waals surface area contributed by atoms with Gasteiger partial charge in [0, 0.05) is 19.6 Å². The van der Waals surface area contributed by atoms with Crippen molar-refractivity contribution in [3.8, 4) is 5.75 Å². The van der Waals surface area contributed by atoms with Crippen molar-refractivity contribution in [3.63, 3.8) is 0 Å². The summed E-state index contributed by atoms with van der Waals surface area (Å²) in [4.78, 5) is 14.7. The highest BCUT2D eigenvalue weighted by Crippen LogP contribution is 2.24. The maximum Gasteiger partial charge on any atom is 0.258 e. The molecule has 2 aromatic rings. The molecule has 0 bridgehead atoms. The minimum atomic E-state index is -0.142. The first kappa shape index (κ1) is 21.4. The van der Waals surface area contributed by atoms with Crippen molar-refractivity contribution < 1.29 is 18.7 Å². The van der Waals surface area contributed by atoms with Gasteiger partial charge in [-0.15, -0.1) is 0 Å². The number of amides is 1. The first-order chi connectivity index (χ1) is 13.9. The summed E-state index contributed by atoms with van der Waals surface area (Å²) >= 11 is 0. The molecule has 0 aliphatic carbocycles. The summed E-state index contributed by atoms with van der Waals surface area (Å²) in [5.74, 6) is 2.78. The van der Waals surface area contributed by atoms with Crippen LogP contribution in [-0.4, -0.2) is 50.3 Å². The topological polar surface area (TPSA) is 63.9 Å². The largest absolute Gasteiger partial charge is 0.484 e. The van der Waals surface area contributed by atoms with Crippen LogP contribution in [0.2, 0.25) is 0 Å². The molecule has 0 spiro atoms. The number of nitrogens with one attached hydrogen (secondary N) is 1. The number of aryl methyl sites for hydroxylation is 2. The molecule has 0 radical (unpaired) electrons. The summed E-state index contributed by atoms with van der Waals surface area (Å²) in [6.07, 6.45) is 0. The van der Waals surface area contributed by atoms with Gasteiger partial charge in [0.25, 0.3) is 5.91 Å². The lowest BCUT2D eigenvalue weighted by molar-refractivity contribution is -0.123. The number of nitrogens with zero attached hydrogens (tertiary/aromatic N) is 1. The Labute approximate surface area is 173 Å². The van der Waals surface area contributed by atoms with Crippen molar-refractivity contribution >= 4 is 5.91 Å². The minimum absolute atomic E-state index is 0.00647. The molecule has 1 amide bonds. The fraction of sp³-hybridized carbons (Fsp3) is 0.522. The number of carbonyl (C=O) groups excluding carboxylic acids is 1. The molecule has 1 unspecified atom stereocenters. The molecule has 1 N–H and O–H groups in total. The minimum Gasteiger partial charge on any atom is -0.484 e. The van der Waals surface area contributed by atoms with Crippen LogP contribution in [0.1, 0.15) is 48.5 Å². The molecular weight excluding hydrogens is 368 g/mol. The third kappa shape index (κ3) is 5.84. The molecule has 6 nitrogen and oxygen atoms in total. The van der Waals surface area contributed by atoms with Crippen LogP contribution < -0.4 is 10.1 Å². The molecule has 1 aliphatic heterocycles. The molecule has 2 heterocycles. The Morgan fingerprint density at radius 1 is 1.17 bits per heavy atom. The van der Waals surface area contributed by atoms with E-state index in [1.54, 1.807) is 0 Å². The molecule has 1 aliphatic rings. The molecule has 1 atom stereocenters. The van der Waals surface area contributed by atoms with Gasteiger partial charge in [-0.2, -0.15) is 0 Å². The number of furan rings is 1. The SMILES string of the molecule is Cc1ccc(C(CNC(=O)COc2ccc(C(C)C)c(C)c2)N2CCOCC2)o1. The molecule has 3 rings (SSSR count). The maximum atomic E-state index is 12.4. The smallest absolute Gasteiger partial charge is 0.258 e. The molecule has 1 aromatic heterocycles. The highest BCUT2D eigenvalue weighted by atomic mass is 16.5. The second kappa shape index (κ2) is 9.94. The van der Waals surface area contributed by atoms with Crippen LogP contribution in [-0.2, 0) is 9.53 Å². The zero-order valence-corrected chi connectivity index (χ0v) is 17.9. The van der Waals surface area contributed by atoms with E-state index in [2.05, 4.69) is 37.1 Å². The second-order valence-electron chi connectivity index (χ2n) is 7.88. The number of morpholine rings is 1. The monoisotopic (exact) mass is 400 g/mol. The third-order valence-corrected chi connectivity index (χ3v) is 5.30. The van der Waals surface area contributed by atoms with E-state index in [0.717, 1.165) is 24.6 Å². The molecule has 6 heteroatoms. The van der Waals surface area contributed by atoms with Gasteiger partial charge in [-0.1, -0.05) is 19.9 Å². The summed E-state index contributed by atoms with van der Waals surface area (Å²) in [5.41, 5.74) is 2.47. The van der Waals surface area contributed by atoms with E-state index in [1.807, 2.05) is 31.2 Å². The Kier molecular flexibility index (Phi) is 7.34. The van der Waals surface area contributed by atoms with Gasteiger partial charge in [-0.05, 0) is 55.2 Å². The van der Waals surface area contributed by atoms with E-state index in [-0.39, 0.29) is 18.6 Å². The number of carbonyl (C=O) groups is 1. The zero-order chi connectivity index (χ0) is 20.8. The van der Waals surface area contributed by atoms with Crippen molar-refractivity contribution in [3.05, 3.63) is 53.0 Å². The van der Waals surface area contributed by atoms with Crippen LogP contribution >= 0.6 is 0 Å². The molecule has 1 fully saturated rings. The van der Waals surface area contributed by atoms with Crippen molar-refractivity contribution in [1.82, 2.24) is 10.2 Å². The third-order valence-electron chi connectivity index (χ3n) is 5.30. The van der Waals surface area contributed by atoms with Gasteiger partial charge >= 0.3 is 0 Å². The predicted octanol–water partition coefficient (Wildman–Crippen LogP) is 3.59. The van der Waals surface area contributed by atoms with Crippen LogP contribution in [0, 0.1) is 13.8 Å². The van der Waals surface area contributed by atoms with E-state index < -0.39 is 0 Å². The maximum absolute atomic E-state index is 12.4. The summed E-state index contributed by atoms with van der Waals surface area (Å²) in [6, 6.07) is 9.92. The van der Waals surface area contributed by atoms with Crippen molar-refractivity contribution in [2.75, 3.05) is 39.5 Å². The first-order valence-electron chi connectivity index (χ1n) is 10.3. The Morgan fingerprint density at radius 2 is 1.93 bits per heavy atom. The molecule has 158 valence electrons. The predicted molar refractivity (Wildman–Crippen MR) is 112 cm³/mol. The first-order valence-corrected chi connectivity index (χ1v) is 10.3. The van der Waals surface area contributed by atoms with Crippen molar-refractivity contribution in [2.24, 2.45) is 0 Å². The number of rotatable bonds is 8. The summed E-state index contributed by atoms with van der Waals surface area (Å²) < 4.78 is 17.0. The lowest BCUT2D eigenvalue weighted by atomic mass is 9.98.